The highest BCUT2D eigenvalue weighted by Gasteiger charge is 2.08. The minimum Gasteiger partial charge on any atom is -0.384 e. The molecule has 0 heterocycles. The summed E-state index contributed by atoms with van der Waals surface area (Å²) in [7, 11) is 0. The molecule has 0 saturated carbocycles. The molecule has 0 aliphatic rings. The van der Waals surface area contributed by atoms with E-state index in [2.05, 4.69) is 41.2 Å². The zero-order valence-electron chi connectivity index (χ0n) is 10.6. The van der Waals surface area contributed by atoms with Gasteiger partial charge in [-0.15, -0.1) is 0 Å². The van der Waals surface area contributed by atoms with Gasteiger partial charge >= 0.3 is 0 Å². The lowest BCUT2D eigenvalue weighted by Crippen LogP contribution is -2.13. The first-order valence-corrected chi connectivity index (χ1v) is 7.54. The molecule has 1 nitrogen and oxygen atoms in total. The molecule has 0 saturated heterocycles. The van der Waals surface area contributed by atoms with Gasteiger partial charge in [0.2, 0.25) is 0 Å². The number of unbranched alkanes of at least 4 members (excludes halogenated alkanes) is 1. The van der Waals surface area contributed by atoms with Gasteiger partial charge in [0.15, 0.2) is 0 Å². The van der Waals surface area contributed by atoms with Crippen LogP contribution in [-0.4, -0.2) is 6.54 Å². The third-order valence-electron chi connectivity index (χ3n) is 3.08. The maximum Gasteiger partial charge on any atom is 0.0593 e. The molecule has 0 fully saturated rings. The molecule has 1 atom stereocenters. The Morgan fingerprint density at radius 2 is 2.12 bits per heavy atom. The Bertz CT molecular complexity index is 341. The van der Waals surface area contributed by atoms with E-state index in [1.165, 1.54) is 25.7 Å². The first-order valence-electron chi connectivity index (χ1n) is 6.36. The van der Waals surface area contributed by atoms with Crippen LogP contribution in [-0.2, 0) is 0 Å². The van der Waals surface area contributed by atoms with E-state index in [9.17, 15) is 0 Å². The highest BCUT2D eigenvalue weighted by atomic mass is 79.9. The Kier molecular flexibility index (Phi) is 6.98. The molecule has 1 N–H and O–H groups in total. The molecule has 17 heavy (non-hydrogen) atoms. The van der Waals surface area contributed by atoms with E-state index < -0.39 is 0 Å². The van der Waals surface area contributed by atoms with Crippen LogP contribution in [0.2, 0.25) is 5.02 Å². The van der Waals surface area contributed by atoms with Crippen LogP contribution in [0.3, 0.4) is 0 Å². The second-order valence-corrected chi connectivity index (χ2v) is 5.60. The van der Waals surface area contributed by atoms with Crippen molar-refractivity contribution in [1.82, 2.24) is 0 Å². The van der Waals surface area contributed by atoms with Gasteiger partial charge in [-0.25, -0.2) is 0 Å². The van der Waals surface area contributed by atoms with E-state index in [0.717, 1.165) is 27.6 Å². The summed E-state index contributed by atoms with van der Waals surface area (Å²) < 4.78 is 0.965. The van der Waals surface area contributed by atoms with Crippen LogP contribution in [0.15, 0.2) is 22.7 Å². The maximum atomic E-state index is 6.06. The minimum absolute atomic E-state index is 0.751. The third-order valence-corrected chi connectivity index (χ3v) is 4.47. The van der Waals surface area contributed by atoms with Crippen molar-refractivity contribution in [2.24, 2.45) is 5.92 Å². The topological polar surface area (TPSA) is 12.0 Å². The molecular weight excluding hydrogens is 298 g/mol. The van der Waals surface area contributed by atoms with Gasteiger partial charge in [0.1, 0.15) is 0 Å². The third kappa shape index (κ3) is 4.89. The summed E-state index contributed by atoms with van der Waals surface area (Å²) in [6.07, 6.45) is 5.12. The second kappa shape index (κ2) is 7.99. The number of anilines is 1. The fourth-order valence-electron chi connectivity index (χ4n) is 1.84. The van der Waals surface area contributed by atoms with Crippen LogP contribution >= 0.6 is 27.5 Å². The van der Waals surface area contributed by atoms with E-state index in [4.69, 9.17) is 11.6 Å². The first-order chi connectivity index (χ1) is 8.19. The summed E-state index contributed by atoms with van der Waals surface area (Å²) in [6, 6.07) is 5.93. The van der Waals surface area contributed by atoms with Crippen LogP contribution in [0, 0.1) is 5.92 Å². The van der Waals surface area contributed by atoms with E-state index >= 15 is 0 Å². The largest absolute Gasteiger partial charge is 0.384 e. The summed E-state index contributed by atoms with van der Waals surface area (Å²) in [5, 5.41) is 4.24. The number of benzene rings is 1. The second-order valence-electron chi connectivity index (χ2n) is 4.40. The Morgan fingerprint density at radius 1 is 1.35 bits per heavy atom. The van der Waals surface area contributed by atoms with Crippen LogP contribution < -0.4 is 5.32 Å². The van der Waals surface area contributed by atoms with Crippen molar-refractivity contribution < 1.29 is 0 Å². The maximum absolute atomic E-state index is 6.06. The SMILES string of the molecule is CCCCC(CC)CNc1cccc(Cl)c1Br. The fraction of sp³-hybridized carbons (Fsp3) is 0.571. The number of nitrogens with one attached hydrogen (secondary N) is 1. The van der Waals surface area contributed by atoms with Crippen molar-refractivity contribution in [2.75, 3.05) is 11.9 Å². The van der Waals surface area contributed by atoms with E-state index in [1.807, 2.05) is 12.1 Å². The Morgan fingerprint density at radius 3 is 2.76 bits per heavy atom. The average molecular weight is 319 g/mol. The van der Waals surface area contributed by atoms with Gasteiger partial charge in [0, 0.05) is 12.2 Å². The van der Waals surface area contributed by atoms with Crippen LogP contribution in [0.4, 0.5) is 5.69 Å². The summed E-state index contributed by atoms with van der Waals surface area (Å²) in [5.74, 6) is 0.751. The molecule has 0 amide bonds. The summed E-state index contributed by atoms with van der Waals surface area (Å²) in [6.45, 7) is 5.53. The number of hydrogen-bond acceptors (Lipinski definition) is 1. The number of halogens is 2. The van der Waals surface area contributed by atoms with Gasteiger partial charge in [0.05, 0.1) is 9.50 Å². The molecule has 0 bridgehead atoms. The van der Waals surface area contributed by atoms with Gasteiger partial charge in [-0.1, -0.05) is 50.8 Å². The highest BCUT2D eigenvalue weighted by Crippen LogP contribution is 2.30. The number of hydrogen-bond donors (Lipinski definition) is 1. The molecule has 0 radical (unpaired) electrons. The van der Waals surface area contributed by atoms with E-state index in [1.54, 1.807) is 0 Å². The van der Waals surface area contributed by atoms with Crippen LogP contribution in [0.5, 0.6) is 0 Å². The normalized spacial score (nSPS) is 12.5. The van der Waals surface area contributed by atoms with E-state index in [0.29, 0.717) is 0 Å². The van der Waals surface area contributed by atoms with Crippen molar-refractivity contribution in [2.45, 2.75) is 39.5 Å². The Labute approximate surface area is 118 Å². The smallest absolute Gasteiger partial charge is 0.0593 e. The van der Waals surface area contributed by atoms with Gasteiger partial charge in [0.25, 0.3) is 0 Å². The minimum atomic E-state index is 0.751. The molecule has 0 aliphatic carbocycles. The molecule has 3 heteroatoms. The van der Waals surface area contributed by atoms with Gasteiger partial charge in [-0.05, 0) is 40.4 Å². The van der Waals surface area contributed by atoms with Crippen molar-refractivity contribution in [3.63, 3.8) is 0 Å². The highest BCUT2D eigenvalue weighted by molar-refractivity contribution is 9.10. The predicted molar refractivity (Wildman–Crippen MR) is 80.9 cm³/mol. The van der Waals surface area contributed by atoms with E-state index in [-0.39, 0.29) is 0 Å². The Balaban J connectivity index is 2.50. The molecule has 0 aliphatic heterocycles. The van der Waals surface area contributed by atoms with Crippen molar-refractivity contribution in [3.8, 4) is 0 Å². The molecule has 1 unspecified atom stereocenters. The van der Waals surface area contributed by atoms with Crippen molar-refractivity contribution in [3.05, 3.63) is 27.7 Å². The van der Waals surface area contributed by atoms with Gasteiger partial charge in [-0.3, -0.25) is 0 Å². The Hall–Kier alpha value is -0.210. The quantitative estimate of drug-likeness (QED) is 0.677. The van der Waals surface area contributed by atoms with Gasteiger partial charge < -0.3 is 5.32 Å². The summed E-state index contributed by atoms with van der Waals surface area (Å²) >= 11 is 9.57. The lowest BCUT2D eigenvalue weighted by molar-refractivity contribution is 0.473. The fourth-order valence-corrected chi connectivity index (χ4v) is 2.42. The standard InChI is InChI=1S/C14H21BrClN/c1-3-5-7-11(4-2)10-17-13-9-6-8-12(16)14(13)15/h6,8-9,11,17H,3-5,7,10H2,1-2H3. The molecule has 1 aromatic carbocycles. The lowest BCUT2D eigenvalue weighted by atomic mass is 9.99. The average Bonchev–Trinajstić information content (AvgIpc) is 2.34. The van der Waals surface area contributed by atoms with Crippen LogP contribution in [0.25, 0.3) is 0 Å². The molecule has 96 valence electrons. The molecular formula is C14H21BrClN. The van der Waals surface area contributed by atoms with Crippen LogP contribution in [0.1, 0.15) is 39.5 Å². The molecule has 0 spiro atoms. The predicted octanol–water partition coefficient (Wildman–Crippen LogP) is 5.73. The summed E-state index contributed by atoms with van der Waals surface area (Å²) in [4.78, 5) is 0. The first kappa shape index (κ1) is 14.8. The zero-order valence-corrected chi connectivity index (χ0v) is 12.9. The van der Waals surface area contributed by atoms with Gasteiger partial charge in [-0.2, -0.15) is 0 Å². The molecule has 1 aromatic rings. The monoisotopic (exact) mass is 317 g/mol. The zero-order chi connectivity index (χ0) is 12.7. The molecule has 1 rings (SSSR count). The van der Waals surface area contributed by atoms with Crippen molar-refractivity contribution >= 4 is 33.2 Å². The molecule has 0 aromatic heterocycles. The number of rotatable bonds is 7. The summed E-state index contributed by atoms with van der Waals surface area (Å²) in [5.41, 5.74) is 1.09. The van der Waals surface area contributed by atoms with Crippen molar-refractivity contribution in [1.29, 1.82) is 0 Å². The lowest BCUT2D eigenvalue weighted by Gasteiger charge is -2.17.